The molecule has 7 aromatic rings. The number of nitrogens with zero attached hydrogens (tertiary/aromatic N) is 4. The van der Waals surface area contributed by atoms with E-state index >= 15 is 0 Å². The molecule has 0 spiro atoms. The molecule has 0 radical (unpaired) electrons. The number of furan rings is 2. The standard InChI is InChI=1S/C35H25FN6O5/c1-20(43)40-26-5-3-4-22(16-26)30-31-34(37-19-38-35(31)47-32(30)23-17-39-42(2)18-23)45-27-12-10-25(11-13-27)41-33(44)29-15-14-28(46-29)21-6-8-24(36)9-7-21/h3-19H,1-2H3,(H,40,43)(H,41,44). The fraction of sp³-hybridized carbons (Fsp3) is 0.0571. The zero-order chi connectivity index (χ0) is 32.5. The van der Waals surface area contributed by atoms with Gasteiger partial charge < -0.3 is 24.2 Å². The maximum absolute atomic E-state index is 13.3. The lowest BCUT2D eigenvalue weighted by Crippen LogP contribution is -2.10. The molecule has 0 saturated heterocycles. The van der Waals surface area contributed by atoms with Crippen LogP contribution in [0.3, 0.4) is 0 Å². The van der Waals surface area contributed by atoms with Gasteiger partial charge in [0.2, 0.25) is 17.5 Å². The number of halogens is 1. The Morgan fingerprint density at radius 3 is 2.40 bits per heavy atom. The maximum Gasteiger partial charge on any atom is 0.291 e. The molecule has 0 fully saturated rings. The van der Waals surface area contributed by atoms with Gasteiger partial charge in [0.15, 0.2) is 5.76 Å². The van der Waals surface area contributed by atoms with Crippen LogP contribution in [0.4, 0.5) is 15.8 Å². The smallest absolute Gasteiger partial charge is 0.291 e. The van der Waals surface area contributed by atoms with Crippen LogP contribution in [0, 0.1) is 5.82 Å². The van der Waals surface area contributed by atoms with Crippen LogP contribution in [0.2, 0.25) is 0 Å². The Balaban J connectivity index is 1.17. The summed E-state index contributed by atoms with van der Waals surface area (Å²) < 4.78 is 33.1. The third kappa shape index (κ3) is 6.07. The molecule has 2 N–H and O–H groups in total. The number of ether oxygens (including phenoxy) is 1. The normalized spacial score (nSPS) is 11.0. The molecule has 3 aromatic carbocycles. The number of amides is 2. The first-order chi connectivity index (χ1) is 22.8. The lowest BCUT2D eigenvalue weighted by atomic mass is 10.0. The molecule has 0 aliphatic carbocycles. The molecule has 47 heavy (non-hydrogen) atoms. The van der Waals surface area contributed by atoms with E-state index in [9.17, 15) is 14.0 Å². The average molecular weight is 629 g/mol. The molecule has 7 rings (SSSR count). The number of benzene rings is 3. The highest BCUT2D eigenvalue weighted by Crippen LogP contribution is 2.44. The third-order valence-corrected chi connectivity index (χ3v) is 7.18. The molecule has 0 bridgehead atoms. The van der Waals surface area contributed by atoms with Gasteiger partial charge in [-0.1, -0.05) is 12.1 Å². The summed E-state index contributed by atoms with van der Waals surface area (Å²) >= 11 is 0. The summed E-state index contributed by atoms with van der Waals surface area (Å²) in [7, 11) is 1.81. The van der Waals surface area contributed by atoms with E-state index in [4.69, 9.17) is 13.6 Å². The third-order valence-electron chi connectivity index (χ3n) is 7.18. The van der Waals surface area contributed by atoms with Crippen LogP contribution < -0.4 is 15.4 Å². The molecule has 0 aliphatic rings. The highest BCUT2D eigenvalue weighted by atomic mass is 19.1. The molecule has 0 aliphatic heterocycles. The topological polar surface area (TPSA) is 137 Å². The molecule has 2 amide bonds. The lowest BCUT2D eigenvalue weighted by molar-refractivity contribution is -0.114. The van der Waals surface area contributed by atoms with Gasteiger partial charge in [-0.3, -0.25) is 14.3 Å². The van der Waals surface area contributed by atoms with E-state index in [1.165, 1.54) is 25.4 Å². The first-order valence-electron chi connectivity index (χ1n) is 14.4. The van der Waals surface area contributed by atoms with E-state index in [-0.39, 0.29) is 23.4 Å². The molecule has 4 heterocycles. The molecule has 0 unspecified atom stereocenters. The summed E-state index contributed by atoms with van der Waals surface area (Å²) in [5.74, 6) is 0.750. The van der Waals surface area contributed by atoms with Gasteiger partial charge in [-0.2, -0.15) is 5.10 Å². The van der Waals surface area contributed by atoms with Gasteiger partial charge in [-0.25, -0.2) is 14.4 Å². The van der Waals surface area contributed by atoms with Crippen molar-refractivity contribution >= 4 is 34.3 Å². The Morgan fingerprint density at radius 1 is 0.851 bits per heavy atom. The summed E-state index contributed by atoms with van der Waals surface area (Å²) in [6.45, 7) is 1.44. The van der Waals surface area contributed by atoms with Crippen molar-refractivity contribution in [2.75, 3.05) is 10.6 Å². The zero-order valence-corrected chi connectivity index (χ0v) is 25.0. The summed E-state index contributed by atoms with van der Waals surface area (Å²) in [6.07, 6.45) is 4.86. The van der Waals surface area contributed by atoms with Gasteiger partial charge in [-0.15, -0.1) is 0 Å². The molecule has 0 saturated carbocycles. The first kappa shape index (κ1) is 29.2. The van der Waals surface area contributed by atoms with Crippen molar-refractivity contribution in [3.05, 3.63) is 115 Å². The van der Waals surface area contributed by atoms with Crippen LogP contribution in [-0.2, 0) is 11.8 Å². The van der Waals surface area contributed by atoms with Gasteiger partial charge in [0.1, 0.15) is 34.8 Å². The number of aromatic nitrogens is 4. The second-order valence-electron chi connectivity index (χ2n) is 10.6. The van der Waals surface area contributed by atoms with Crippen LogP contribution in [0.25, 0.3) is 44.9 Å². The molecular formula is C35H25FN6O5. The highest BCUT2D eigenvalue weighted by molar-refractivity contribution is 6.04. The highest BCUT2D eigenvalue weighted by Gasteiger charge is 2.24. The van der Waals surface area contributed by atoms with E-state index < -0.39 is 5.91 Å². The predicted molar refractivity (Wildman–Crippen MR) is 172 cm³/mol. The number of fused-ring (bicyclic) bond motifs is 1. The van der Waals surface area contributed by atoms with Crippen molar-refractivity contribution in [2.45, 2.75) is 6.92 Å². The van der Waals surface area contributed by atoms with E-state index in [2.05, 4.69) is 25.7 Å². The number of carbonyl (C=O) groups is 2. The lowest BCUT2D eigenvalue weighted by Gasteiger charge is -2.10. The molecule has 232 valence electrons. The fourth-order valence-electron chi connectivity index (χ4n) is 5.10. The molecule has 4 aromatic heterocycles. The van der Waals surface area contributed by atoms with Crippen molar-refractivity contribution in [1.82, 2.24) is 19.7 Å². The Labute approximate surface area is 266 Å². The van der Waals surface area contributed by atoms with Gasteiger partial charge in [0.25, 0.3) is 5.91 Å². The van der Waals surface area contributed by atoms with Crippen molar-refractivity contribution < 1.29 is 27.6 Å². The first-order valence-corrected chi connectivity index (χ1v) is 14.4. The number of anilines is 2. The molecule has 11 nitrogen and oxygen atoms in total. The van der Waals surface area contributed by atoms with Gasteiger partial charge >= 0.3 is 0 Å². The Morgan fingerprint density at radius 2 is 1.66 bits per heavy atom. The minimum Gasteiger partial charge on any atom is -0.451 e. The number of rotatable bonds is 8. The summed E-state index contributed by atoms with van der Waals surface area (Å²) in [6, 6.07) is 23.1. The number of carbonyl (C=O) groups excluding carboxylic acids is 2. The van der Waals surface area contributed by atoms with Gasteiger partial charge in [-0.05, 0) is 78.4 Å². The Bertz CT molecular complexity index is 2250. The minimum atomic E-state index is -0.447. The second kappa shape index (κ2) is 12.1. The number of hydrogen-bond donors (Lipinski definition) is 2. The second-order valence-corrected chi connectivity index (χ2v) is 10.6. The van der Waals surface area contributed by atoms with Crippen molar-refractivity contribution in [3.63, 3.8) is 0 Å². The van der Waals surface area contributed by atoms with Crippen molar-refractivity contribution in [3.8, 4) is 45.4 Å². The molecular weight excluding hydrogens is 603 g/mol. The minimum absolute atomic E-state index is 0.104. The monoisotopic (exact) mass is 628 g/mol. The fourth-order valence-corrected chi connectivity index (χ4v) is 5.10. The van der Waals surface area contributed by atoms with Crippen LogP contribution in [0.1, 0.15) is 17.5 Å². The van der Waals surface area contributed by atoms with Crippen LogP contribution in [0.5, 0.6) is 11.6 Å². The van der Waals surface area contributed by atoms with Crippen LogP contribution >= 0.6 is 0 Å². The molecule has 0 atom stereocenters. The van der Waals surface area contributed by atoms with Gasteiger partial charge in [0.05, 0.1) is 11.8 Å². The van der Waals surface area contributed by atoms with Crippen molar-refractivity contribution in [1.29, 1.82) is 0 Å². The summed E-state index contributed by atoms with van der Waals surface area (Å²) in [5, 5.41) is 10.4. The number of nitrogens with one attached hydrogen (secondary N) is 2. The van der Waals surface area contributed by atoms with Crippen molar-refractivity contribution in [2.24, 2.45) is 7.05 Å². The summed E-state index contributed by atoms with van der Waals surface area (Å²) in [4.78, 5) is 33.4. The SMILES string of the molecule is CC(=O)Nc1cccc(-c2c(-c3cnn(C)c3)oc3ncnc(Oc4ccc(NC(=O)c5ccc(-c6ccc(F)cc6)o5)cc4)c23)c1. The van der Waals surface area contributed by atoms with Crippen LogP contribution in [-0.4, -0.2) is 31.6 Å². The number of aryl methyl sites for hydroxylation is 1. The van der Waals surface area contributed by atoms with E-state index in [1.54, 1.807) is 65.5 Å². The average Bonchev–Trinajstić information content (AvgIpc) is 3.81. The Kier molecular flexibility index (Phi) is 7.50. The number of hydrogen-bond acceptors (Lipinski definition) is 8. The summed E-state index contributed by atoms with van der Waals surface area (Å²) in [5.41, 5.74) is 4.20. The van der Waals surface area contributed by atoms with E-state index in [1.807, 2.05) is 31.4 Å². The van der Waals surface area contributed by atoms with Gasteiger partial charge in [0, 0.05) is 42.7 Å². The quantitative estimate of drug-likeness (QED) is 0.175. The molecule has 12 heteroatoms. The van der Waals surface area contributed by atoms with E-state index in [0.29, 0.717) is 50.9 Å². The largest absolute Gasteiger partial charge is 0.451 e. The Hall–Kier alpha value is -6.56. The van der Waals surface area contributed by atoms with E-state index in [0.717, 1.165) is 11.1 Å². The maximum atomic E-state index is 13.3. The predicted octanol–water partition coefficient (Wildman–Crippen LogP) is 7.69. The zero-order valence-electron chi connectivity index (χ0n) is 25.0. The van der Waals surface area contributed by atoms with Crippen LogP contribution in [0.15, 0.2) is 112 Å².